The number of ether oxygens (including phenoxy) is 1. The van der Waals surface area contributed by atoms with E-state index in [1.807, 2.05) is 13.0 Å². The van der Waals surface area contributed by atoms with E-state index < -0.39 is 0 Å². The summed E-state index contributed by atoms with van der Waals surface area (Å²) < 4.78 is 5.02. The van der Waals surface area contributed by atoms with Crippen molar-refractivity contribution in [3.63, 3.8) is 0 Å². The van der Waals surface area contributed by atoms with E-state index in [4.69, 9.17) is 15.7 Å². The van der Waals surface area contributed by atoms with Gasteiger partial charge in [0, 0.05) is 12.1 Å². The van der Waals surface area contributed by atoms with Crippen molar-refractivity contribution >= 4 is 11.7 Å². The molecule has 0 fully saturated rings. The van der Waals surface area contributed by atoms with E-state index in [0.29, 0.717) is 24.1 Å². The molecule has 4 nitrogen and oxygen atoms in total. The second kappa shape index (κ2) is 5.76. The van der Waals surface area contributed by atoms with Gasteiger partial charge in [0.2, 0.25) is 0 Å². The Morgan fingerprint density at radius 1 is 1.56 bits per heavy atom. The number of nitriles is 1. The molecule has 0 aliphatic heterocycles. The first kappa shape index (κ1) is 12.1. The Morgan fingerprint density at radius 3 is 2.94 bits per heavy atom. The maximum atomic E-state index is 11.6. The number of hydrogen-bond acceptors (Lipinski definition) is 4. The maximum absolute atomic E-state index is 11.6. The average Bonchev–Trinajstić information content (AvgIpc) is 2.24. The minimum Gasteiger partial charge on any atom is -0.462 e. The molecule has 0 unspecified atom stereocenters. The van der Waals surface area contributed by atoms with Gasteiger partial charge in [-0.2, -0.15) is 5.26 Å². The highest BCUT2D eigenvalue weighted by atomic mass is 16.5. The van der Waals surface area contributed by atoms with Gasteiger partial charge in [-0.15, -0.1) is 0 Å². The zero-order chi connectivity index (χ0) is 12.0. The van der Waals surface area contributed by atoms with Gasteiger partial charge in [0.1, 0.15) is 0 Å². The lowest BCUT2D eigenvalue weighted by Crippen LogP contribution is -2.08. The first-order valence-corrected chi connectivity index (χ1v) is 5.05. The van der Waals surface area contributed by atoms with Crippen molar-refractivity contribution in [3.8, 4) is 6.07 Å². The van der Waals surface area contributed by atoms with Crippen LogP contribution in [0.1, 0.15) is 28.8 Å². The summed E-state index contributed by atoms with van der Waals surface area (Å²) in [6.07, 6.45) is 0.963. The molecule has 0 saturated carbocycles. The van der Waals surface area contributed by atoms with Crippen LogP contribution in [0.25, 0.3) is 0 Å². The Labute approximate surface area is 94.6 Å². The van der Waals surface area contributed by atoms with E-state index in [2.05, 4.69) is 0 Å². The number of aryl methyl sites for hydroxylation is 1. The smallest absolute Gasteiger partial charge is 0.338 e. The summed E-state index contributed by atoms with van der Waals surface area (Å²) in [6, 6.07) is 7.04. The molecule has 2 N–H and O–H groups in total. The molecule has 0 amide bonds. The van der Waals surface area contributed by atoms with Gasteiger partial charge in [0.25, 0.3) is 0 Å². The van der Waals surface area contributed by atoms with Gasteiger partial charge in [-0.3, -0.25) is 0 Å². The molecule has 0 bridgehead atoms. The lowest BCUT2D eigenvalue weighted by molar-refractivity contribution is 0.0501. The Balaban J connectivity index is 2.57. The summed E-state index contributed by atoms with van der Waals surface area (Å²) in [5, 5.41) is 8.32. The first-order valence-electron chi connectivity index (χ1n) is 5.05. The average molecular weight is 218 g/mol. The van der Waals surface area contributed by atoms with E-state index in [1.54, 1.807) is 18.2 Å². The van der Waals surface area contributed by atoms with E-state index in [0.717, 1.165) is 5.56 Å². The third-order valence-electron chi connectivity index (χ3n) is 2.14. The molecule has 0 saturated heterocycles. The fourth-order valence-corrected chi connectivity index (χ4v) is 1.31. The minimum absolute atomic E-state index is 0.274. The predicted molar refractivity (Wildman–Crippen MR) is 60.7 cm³/mol. The molecule has 0 radical (unpaired) electrons. The van der Waals surface area contributed by atoms with Crippen LogP contribution in [0.5, 0.6) is 0 Å². The van der Waals surface area contributed by atoms with Gasteiger partial charge >= 0.3 is 5.97 Å². The van der Waals surface area contributed by atoms with Gasteiger partial charge < -0.3 is 10.5 Å². The van der Waals surface area contributed by atoms with Gasteiger partial charge in [-0.1, -0.05) is 0 Å². The Morgan fingerprint density at radius 2 is 2.31 bits per heavy atom. The maximum Gasteiger partial charge on any atom is 0.338 e. The van der Waals surface area contributed by atoms with Crippen LogP contribution in [0.2, 0.25) is 0 Å². The van der Waals surface area contributed by atoms with Crippen molar-refractivity contribution in [2.75, 3.05) is 12.3 Å². The summed E-state index contributed by atoms with van der Waals surface area (Å²) >= 11 is 0. The molecule has 4 heteroatoms. The van der Waals surface area contributed by atoms with E-state index in [9.17, 15) is 4.79 Å². The third-order valence-corrected chi connectivity index (χ3v) is 2.14. The van der Waals surface area contributed by atoms with Crippen LogP contribution in [0.4, 0.5) is 5.69 Å². The summed E-state index contributed by atoms with van der Waals surface area (Å²) in [5.74, 6) is -0.365. The highest BCUT2D eigenvalue weighted by Gasteiger charge is 2.09. The predicted octanol–water partition coefficient (Wildman–Crippen LogP) is 2.04. The molecule has 1 rings (SSSR count). The number of carbonyl (C=O) groups excluding carboxylic acids is 1. The molecule has 1 aromatic carbocycles. The number of unbranched alkanes of at least 4 members (excludes halogenated alkanes) is 1. The number of esters is 1. The quantitative estimate of drug-likeness (QED) is 0.476. The Kier molecular flexibility index (Phi) is 4.34. The number of carbonyl (C=O) groups is 1. The van der Waals surface area contributed by atoms with Crippen LogP contribution in [0.15, 0.2) is 18.2 Å². The van der Waals surface area contributed by atoms with E-state index in [-0.39, 0.29) is 12.6 Å². The van der Waals surface area contributed by atoms with Crippen LogP contribution >= 0.6 is 0 Å². The third kappa shape index (κ3) is 3.28. The van der Waals surface area contributed by atoms with Crippen LogP contribution in [0.3, 0.4) is 0 Å². The first-order chi connectivity index (χ1) is 7.65. The molecule has 16 heavy (non-hydrogen) atoms. The number of nitrogens with two attached hydrogens (primary N) is 1. The number of nitrogens with zero attached hydrogens (tertiary/aromatic N) is 1. The van der Waals surface area contributed by atoms with Crippen LogP contribution in [-0.2, 0) is 4.74 Å². The monoisotopic (exact) mass is 218 g/mol. The Bertz CT molecular complexity index is 422. The molecule has 1 aromatic rings. The van der Waals surface area contributed by atoms with Crippen LogP contribution < -0.4 is 5.73 Å². The standard InChI is InChI=1S/C12H14N2O2/c1-9-8-10(14)4-5-11(9)12(15)16-7-3-2-6-13/h4-5,8H,2-3,7,14H2,1H3. The molecular weight excluding hydrogens is 204 g/mol. The number of hydrogen-bond donors (Lipinski definition) is 1. The lowest BCUT2D eigenvalue weighted by atomic mass is 10.1. The number of nitrogen functional groups attached to an aromatic ring is 1. The number of rotatable bonds is 4. The van der Waals surface area contributed by atoms with Crippen molar-refractivity contribution in [2.24, 2.45) is 0 Å². The van der Waals surface area contributed by atoms with E-state index >= 15 is 0 Å². The molecule has 0 heterocycles. The van der Waals surface area contributed by atoms with Gasteiger partial charge in [-0.05, 0) is 37.1 Å². The van der Waals surface area contributed by atoms with Crippen molar-refractivity contribution in [2.45, 2.75) is 19.8 Å². The highest BCUT2D eigenvalue weighted by molar-refractivity contribution is 5.91. The van der Waals surface area contributed by atoms with Crippen molar-refractivity contribution in [1.29, 1.82) is 5.26 Å². The van der Waals surface area contributed by atoms with Gasteiger partial charge in [0.05, 0.1) is 18.2 Å². The normalized spacial score (nSPS) is 9.50. The second-order valence-corrected chi connectivity index (χ2v) is 3.47. The zero-order valence-corrected chi connectivity index (χ0v) is 9.19. The van der Waals surface area contributed by atoms with Gasteiger partial charge in [-0.25, -0.2) is 4.79 Å². The van der Waals surface area contributed by atoms with Crippen LogP contribution in [-0.4, -0.2) is 12.6 Å². The second-order valence-electron chi connectivity index (χ2n) is 3.47. The summed E-state index contributed by atoms with van der Waals surface area (Å²) in [5.41, 5.74) is 7.52. The molecular formula is C12H14N2O2. The van der Waals surface area contributed by atoms with Crippen molar-refractivity contribution in [3.05, 3.63) is 29.3 Å². The van der Waals surface area contributed by atoms with Crippen molar-refractivity contribution in [1.82, 2.24) is 0 Å². The lowest BCUT2D eigenvalue weighted by Gasteiger charge is -2.06. The van der Waals surface area contributed by atoms with Crippen molar-refractivity contribution < 1.29 is 9.53 Å². The van der Waals surface area contributed by atoms with Crippen LogP contribution in [0, 0.1) is 18.3 Å². The molecule has 0 aliphatic rings. The molecule has 0 aromatic heterocycles. The fourth-order valence-electron chi connectivity index (χ4n) is 1.31. The summed E-state index contributed by atoms with van der Waals surface area (Å²) in [4.78, 5) is 11.6. The molecule has 0 atom stereocenters. The number of anilines is 1. The molecule has 0 spiro atoms. The SMILES string of the molecule is Cc1cc(N)ccc1C(=O)OCCCC#N. The Hall–Kier alpha value is -2.02. The summed E-state index contributed by atoms with van der Waals surface area (Å²) in [6.45, 7) is 2.08. The largest absolute Gasteiger partial charge is 0.462 e. The molecule has 84 valence electrons. The van der Waals surface area contributed by atoms with E-state index in [1.165, 1.54) is 0 Å². The fraction of sp³-hybridized carbons (Fsp3) is 0.333. The minimum atomic E-state index is -0.365. The highest BCUT2D eigenvalue weighted by Crippen LogP contribution is 2.13. The molecule has 0 aliphatic carbocycles. The van der Waals surface area contributed by atoms with Gasteiger partial charge in [0.15, 0.2) is 0 Å². The topological polar surface area (TPSA) is 76.1 Å². The summed E-state index contributed by atoms with van der Waals surface area (Å²) in [7, 11) is 0. The zero-order valence-electron chi connectivity index (χ0n) is 9.19. The number of benzene rings is 1.